The highest BCUT2D eigenvalue weighted by molar-refractivity contribution is 5.44. The van der Waals surface area contributed by atoms with Gasteiger partial charge in [-0.1, -0.05) is 0 Å². The summed E-state index contributed by atoms with van der Waals surface area (Å²) in [5.41, 5.74) is 4.50. The lowest BCUT2D eigenvalue weighted by molar-refractivity contribution is 0.299. The molecule has 0 aliphatic rings. The lowest BCUT2D eigenvalue weighted by Crippen LogP contribution is -2.08. The van der Waals surface area contributed by atoms with Crippen LogP contribution >= 0.6 is 0 Å². The summed E-state index contributed by atoms with van der Waals surface area (Å²) in [4.78, 5) is 4.17. The Hall–Kier alpha value is -2.78. The lowest BCUT2D eigenvalue weighted by atomic mass is 10.2. The average Bonchev–Trinajstić information content (AvgIpc) is 2.52. The average molecular weight is 270 g/mol. The fraction of sp³-hybridized carbons (Fsp3) is 0.143. The number of methoxy groups -OCH3 is 1. The van der Waals surface area contributed by atoms with E-state index in [2.05, 4.69) is 16.5 Å². The van der Waals surface area contributed by atoms with Crippen molar-refractivity contribution in [3.63, 3.8) is 0 Å². The highest BCUT2D eigenvalue weighted by Crippen LogP contribution is 2.23. The highest BCUT2D eigenvalue weighted by atomic mass is 16.5. The van der Waals surface area contributed by atoms with Gasteiger partial charge < -0.3 is 14.9 Å². The van der Waals surface area contributed by atoms with Gasteiger partial charge in [0.25, 0.3) is 0 Å². The Bertz CT molecular complexity index is 637. The third kappa shape index (κ3) is 3.37. The molecule has 20 heavy (non-hydrogen) atoms. The van der Waals surface area contributed by atoms with Gasteiger partial charge in [-0.15, -0.1) is 0 Å². The molecule has 2 aromatic rings. The first-order valence-electron chi connectivity index (χ1n) is 5.88. The molecule has 0 amide bonds. The van der Waals surface area contributed by atoms with Crippen molar-refractivity contribution in [2.24, 2.45) is 5.84 Å². The Morgan fingerprint density at radius 1 is 1.30 bits per heavy atom. The molecular weight excluding hydrogens is 256 g/mol. The summed E-state index contributed by atoms with van der Waals surface area (Å²) >= 11 is 0. The van der Waals surface area contributed by atoms with Crippen molar-refractivity contribution in [3.8, 4) is 17.6 Å². The van der Waals surface area contributed by atoms with Gasteiger partial charge in [0.15, 0.2) is 0 Å². The Kier molecular flexibility index (Phi) is 4.37. The molecule has 1 heterocycles. The van der Waals surface area contributed by atoms with Crippen LogP contribution in [0.3, 0.4) is 0 Å². The Morgan fingerprint density at radius 3 is 2.80 bits per heavy atom. The summed E-state index contributed by atoms with van der Waals surface area (Å²) in [6.07, 6.45) is 1.64. The summed E-state index contributed by atoms with van der Waals surface area (Å²) in [5.74, 6) is 6.45. The quantitative estimate of drug-likeness (QED) is 0.636. The van der Waals surface area contributed by atoms with Gasteiger partial charge in [0, 0.05) is 12.3 Å². The van der Waals surface area contributed by atoms with Crippen LogP contribution in [0, 0.1) is 11.3 Å². The van der Waals surface area contributed by atoms with Crippen LogP contribution in [0.15, 0.2) is 36.5 Å². The predicted molar refractivity (Wildman–Crippen MR) is 74.1 cm³/mol. The number of nitrogen functional groups attached to an aromatic ring is 1. The largest absolute Gasteiger partial charge is 0.497 e. The fourth-order valence-corrected chi connectivity index (χ4v) is 1.64. The molecule has 0 radical (unpaired) electrons. The molecule has 6 heteroatoms. The topological polar surface area (TPSA) is 93.2 Å². The van der Waals surface area contributed by atoms with E-state index in [-0.39, 0.29) is 6.61 Å². The highest BCUT2D eigenvalue weighted by Gasteiger charge is 2.03. The van der Waals surface area contributed by atoms with Gasteiger partial charge >= 0.3 is 0 Å². The zero-order valence-corrected chi connectivity index (χ0v) is 11.0. The summed E-state index contributed by atoms with van der Waals surface area (Å²) in [5, 5.41) is 8.94. The standard InChI is InChI=1S/C14H14N4O2/c1-19-13-4-10(8-15)5-14(7-13)20-9-12-6-11(18-16)2-3-17-12/h2-7H,9,16H2,1H3,(H,17,18). The molecule has 0 unspecified atom stereocenters. The molecule has 6 nitrogen and oxygen atoms in total. The van der Waals surface area contributed by atoms with E-state index in [1.54, 1.807) is 36.5 Å². The molecule has 0 spiro atoms. The van der Waals surface area contributed by atoms with E-state index in [9.17, 15) is 0 Å². The number of benzene rings is 1. The third-order valence-corrected chi connectivity index (χ3v) is 2.61. The second kappa shape index (κ2) is 6.41. The van der Waals surface area contributed by atoms with Crippen LogP contribution in [0.25, 0.3) is 0 Å². The first kappa shape index (κ1) is 13.6. The van der Waals surface area contributed by atoms with E-state index in [1.165, 1.54) is 7.11 Å². The molecule has 1 aromatic carbocycles. The van der Waals surface area contributed by atoms with Gasteiger partial charge in [-0.2, -0.15) is 5.26 Å². The van der Waals surface area contributed by atoms with Crippen molar-refractivity contribution in [1.29, 1.82) is 5.26 Å². The number of hydrazine groups is 1. The molecule has 0 aliphatic heterocycles. The molecule has 0 saturated carbocycles. The summed E-state index contributed by atoms with van der Waals surface area (Å²) in [6, 6.07) is 10.6. The fourth-order valence-electron chi connectivity index (χ4n) is 1.64. The number of hydrogen-bond acceptors (Lipinski definition) is 6. The first-order chi connectivity index (χ1) is 9.75. The summed E-state index contributed by atoms with van der Waals surface area (Å²) in [7, 11) is 1.54. The number of pyridine rings is 1. The molecule has 0 fully saturated rings. The van der Waals surface area contributed by atoms with Crippen LogP contribution < -0.4 is 20.7 Å². The SMILES string of the molecule is COc1cc(C#N)cc(OCc2cc(NN)ccn2)c1. The molecule has 3 N–H and O–H groups in total. The van der Waals surface area contributed by atoms with Crippen LogP contribution in [0.1, 0.15) is 11.3 Å². The van der Waals surface area contributed by atoms with Crippen molar-refractivity contribution in [2.75, 3.05) is 12.5 Å². The van der Waals surface area contributed by atoms with E-state index in [0.29, 0.717) is 17.1 Å². The van der Waals surface area contributed by atoms with Crippen molar-refractivity contribution in [2.45, 2.75) is 6.61 Å². The number of nitriles is 1. The van der Waals surface area contributed by atoms with Gasteiger partial charge in [-0.3, -0.25) is 10.8 Å². The molecule has 0 aliphatic carbocycles. The normalized spacial score (nSPS) is 9.65. The number of ether oxygens (including phenoxy) is 2. The van der Waals surface area contributed by atoms with Crippen LogP contribution in [0.5, 0.6) is 11.5 Å². The van der Waals surface area contributed by atoms with Gasteiger partial charge in [-0.05, 0) is 24.3 Å². The first-order valence-corrected chi connectivity index (χ1v) is 5.88. The van der Waals surface area contributed by atoms with E-state index in [4.69, 9.17) is 20.6 Å². The second-order valence-corrected chi connectivity index (χ2v) is 3.98. The Morgan fingerprint density at radius 2 is 2.10 bits per heavy atom. The van der Waals surface area contributed by atoms with Gasteiger partial charge in [0.1, 0.15) is 18.1 Å². The van der Waals surface area contributed by atoms with Crippen LogP contribution in [0.2, 0.25) is 0 Å². The monoisotopic (exact) mass is 270 g/mol. The number of hydrogen-bond donors (Lipinski definition) is 2. The van der Waals surface area contributed by atoms with Crippen molar-refractivity contribution in [3.05, 3.63) is 47.8 Å². The van der Waals surface area contributed by atoms with Gasteiger partial charge in [-0.25, -0.2) is 0 Å². The van der Waals surface area contributed by atoms with Gasteiger partial charge in [0.05, 0.1) is 30.1 Å². The van der Waals surface area contributed by atoms with E-state index >= 15 is 0 Å². The number of nitrogens with zero attached hydrogens (tertiary/aromatic N) is 2. The van der Waals surface area contributed by atoms with E-state index in [1.807, 2.05) is 0 Å². The molecule has 1 aromatic heterocycles. The van der Waals surface area contributed by atoms with Gasteiger partial charge in [0.2, 0.25) is 0 Å². The maximum absolute atomic E-state index is 8.94. The maximum atomic E-state index is 8.94. The summed E-state index contributed by atoms with van der Waals surface area (Å²) < 4.78 is 10.7. The van der Waals surface area contributed by atoms with Crippen LogP contribution in [-0.4, -0.2) is 12.1 Å². The van der Waals surface area contributed by atoms with Crippen molar-refractivity contribution in [1.82, 2.24) is 4.98 Å². The molecule has 0 saturated heterocycles. The predicted octanol–water partition coefficient (Wildman–Crippen LogP) is 1.83. The smallest absolute Gasteiger partial charge is 0.130 e. The molecule has 2 rings (SSSR count). The molecule has 0 atom stereocenters. The lowest BCUT2D eigenvalue weighted by Gasteiger charge is -2.09. The Balaban J connectivity index is 2.12. The number of nitrogens with two attached hydrogens (primary N) is 1. The number of nitrogens with one attached hydrogen (secondary N) is 1. The minimum Gasteiger partial charge on any atom is -0.497 e. The van der Waals surface area contributed by atoms with Crippen molar-refractivity contribution < 1.29 is 9.47 Å². The van der Waals surface area contributed by atoms with Crippen molar-refractivity contribution >= 4 is 5.69 Å². The molecule has 102 valence electrons. The number of anilines is 1. The third-order valence-electron chi connectivity index (χ3n) is 2.61. The minimum absolute atomic E-state index is 0.271. The van der Waals surface area contributed by atoms with E-state index < -0.39 is 0 Å². The Labute approximate surface area is 116 Å². The zero-order chi connectivity index (χ0) is 14.4. The zero-order valence-electron chi connectivity index (χ0n) is 11.0. The minimum atomic E-state index is 0.271. The summed E-state index contributed by atoms with van der Waals surface area (Å²) in [6.45, 7) is 0.271. The maximum Gasteiger partial charge on any atom is 0.130 e. The molecular formula is C14H14N4O2. The second-order valence-electron chi connectivity index (χ2n) is 3.98. The van der Waals surface area contributed by atoms with Crippen LogP contribution in [-0.2, 0) is 6.61 Å². The van der Waals surface area contributed by atoms with Crippen LogP contribution in [0.4, 0.5) is 5.69 Å². The number of rotatable bonds is 5. The molecule has 0 bridgehead atoms. The number of aromatic nitrogens is 1. The van der Waals surface area contributed by atoms with E-state index in [0.717, 1.165) is 11.4 Å².